The number of benzene rings is 2. The Kier molecular flexibility index (Phi) is 12.2. The second-order valence-corrected chi connectivity index (χ2v) is 10.6. The number of carbonyl (C=O) groups is 1. The van der Waals surface area contributed by atoms with Crippen LogP contribution in [0.5, 0.6) is 5.75 Å². The lowest BCUT2D eigenvalue weighted by molar-refractivity contribution is -0.119. The molecule has 1 saturated heterocycles. The summed E-state index contributed by atoms with van der Waals surface area (Å²) >= 11 is 0. The zero-order valence-electron chi connectivity index (χ0n) is 22.8. The lowest BCUT2D eigenvalue weighted by Gasteiger charge is -2.35. The maximum atomic E-state index is 12.3. The number of hydrogen-bond donors (Lipinski definition) is 1. The highest BCUT2D eigenvalue weighted by Gasteiger charge is 2.43. The highest BCUT2D eigenvalue weighted by atomic mass is 16.5. The quantitative estimate of drug-likeness (QED) is 0.212. The van der Waals surface area contributed by atoms with Crippen LogP contribution in [0.15, 0.2) is 54.6 Å². The third-order valence-electron chi connectivity index (χ3n) is 7.47. The van der Waals surface area contributed by atoms with Gasteiger partial charge in [0.05, 0.1) is 24.3 Å². The van der Waals surface area contributed by atoms with E-state index in [-0.39, 0.29) is 5.91 Å². The van der Waals surface area contributed by atoms with E-state index in [1.165, 1.54) is 83.5 Å². The lowest BCUT2D eigenvalue weighted by Crippen LogP contribution is -2.44. The van der Waals surface area contributed by atoms with E-state index in [9.17, 15) is 4.79 Å². The van der Waals surface area contributed by atoms with Crippen molar-refractivity contribution in [1.82, 2.24) is 5.43 Å². The number of anilines is 1. The predicted molar refractivity (Wildman–Crippen MR) is 151 cm³/mol. The Morgan fingerprint density at radius 1 is 0.778 bits per heavy atom. The number of hydrazine groups is 1. The van der Waals surface area contributed by atoms with Crippen LogP contribution in [0.2, 0.25) is 0 Å². The largest absolute Gasteiger partial charge is 0.494 e. The predicted octanol–water partition coefficient (Wildman–Crippen LogP) is 8.70. The molecular formula is C32H48N2O2. The minimum Gasteiger partial charge on any atom is -0.494 e. The van der Waals surface area contributed by atoms with Crippen LogP contribution in [0.4, 0.5) is 5.69 Å². The summed E-state index contributed by atoms with van der Waals surface area (Å²) < 4.78 is 6.10. The van der Waals surface area contributed by atoms with Gasteiger partial charge in [-0.1, -0.05) is 121 Å². The zero-order valence-corrected chi connectivity index (χ0v) is 22.8. The first-order chi connectivity index (χ1) is 17.6. The minimum absolute atomic E-state index is 0.0371. The molecule has 0 bridgehead atoms. The number of para-hydroxylation sites is 1. The fraction of sp³-hybridized carbons (Fsp3) is 0.594. The molecule has 1 aliphatic heterocycles. The van der Waals surface area contributed by atoms with Gasteiger partial charge in [-0.3, -0.25) is 15.2 Å². The van der Waals surface area contributed by atoms with E-state index in [4.69, 9.17) is 4.74 Å². The van der Waals surface area contributed by atoms with Gasteiger partial charge in [0.15, 0.2) is 0 Å². The Labute approximate surface area is 219 Å². The van der Waals surface area contributed by atoms with E-state index in [1.54, 1.807) is 0 Å². The Morgan fingerprint density at radius 2 is 1.36 bits per heavy atom. The summed E-state index contributed by atoms with van der Waals surface area (Å²) in [7, 11) is 0. The van der Waals surface area contributed by atoms with Crippen molar-refractivity contribution in [3.63, 3.8) is 0 Å². The number of nitrogens with one attached hydrogen (secondary N) is 1. The van der Waals surface area contributed by atoms with Crippen molar-refractivity contribution in [1.29, 1.82) is 0 Å². The van der Waals surface area contributed by atoms with Crippen LogP contribution in [-0.4, -0.2) is 12.5 Å². The van der Waals surface area contributed by atoms with Gasteiger partial charge in [0.2, 0.25) is 5.91 Å². The van der Waals surface area contributed by atoms with E-state index in [1.807, 2.05) is 47.5 Å². The Hall–Kier alpha value is -2.49. The van der Waals surface area contributed by atoms with Gasteiger partial charge in [0.25, 0.3) is 0 Å². The van der Waals surface area contributed by atoms with E-state index >= 15 is 0 Å². The lowest BCUT2D eigenvalue weighted by atomic mass is 9.88. The summed E-state index contributed by atoms with van der Waals surface area (Å²) in [5.74, 6) is 0.922. The summed E-state index contributed by atoms with van der Waals surface area (Å²) in [6.45, 7) is 5.15. The molecule has 1 fully saturated rings. The van der Waals surface area contributed by atoms with Crippen molar-refractivity contribution in [2.24, 2.45) is 0 Å². The van der Waals surface area contributed by atoms with Crippen LogP contribution in [0.3, 0.4) is 0 Å². The Balaban J connectivity index is 1.31. The first kappa shape index (κ1) is 28.1. The second kappa shape index (κ2) is 15.6. The molecule has 0 aliphatic carbocycles. The molecule has 1 N–H and O–H groups in total. The monoisotopic (exact) mass is 492 g/mol. The van der Waals surface area contributed by atoms with Gasteiger partial charge in [-0.05, 0) is 43.2 Å². The number of amides is 1. The van der Waals surface area contributed by atoms with Crippen LogP contribution < -0.4 is 15.2 Å². The summed E-state index contributed by atoms with van der Waals surface area (Å²) in [6.07, 6.45) is 19.5. The van der Waals surface area contributed by atoms with Crippen molar-refractivity contribution < 1.29 is 9.53 Å². The maximum Gasteiger partial charge on any atom is 0.241 e. The first-order valence-corrected chi connectivity index (χ1v) is 14.5. The van der Waals surface area contributed by atoms with Crippen molar-refractivity contribution in [2.75, 3.05) is 11.6 Å². The Bertz CT molecular complexity index is 885. The number of hydrogen-bond acceptors (Lipinski definition) is 3. The van der Waals surface area contributed by atoms with Crippen molar-refractivity contribution >= 4 is 11.6 Å². The summed E-state index contributed by atoms with van der Waals surface area (Å²) in [5, 5.41) is 1.99. The highest BCUT2D eigenvalue weighted by molar-refractivity contribution is 5.84. The molecule has 1 atom stereocenters. The van der Waals surface area contributed by atoms with E-state index in [0.717, 1.165) is 30.0 Å². The molecule has 36 heavy (non-hydrogen) atoms. The molecule has 2 aromatic rings. The van der Waals surface area contributed by atoms with Crippen LogP contribution in [0.1, 0.15) is 116 Å². The van der Waals surface area contributed by atoms with Crippen molar-refractivity contribution in [3.8, 4) is 5.75 Å². The maximum absolute atomic E-state index is 12.3. The molecule has 1 aliphatic rings. The van der Waals surface area contributed by atoms with Gasteiger partial charge in [0.1, 0.15) is 5.75 Å². The number of unbranched alkanes of at least 4 members (excludes halogenated alkanes) is 13. The van der Waals surface area contributed by atoms with Crippen LogP contribution in [-0.2, 0) is 10.3 Å². The van der Waals surface area contributed by atoms with Gasteiger partial charge in [-0.2, -0.15) is 0 Å². The van der Waals surface area contributed by atoms with E-state index in [2.05, 4.69) is 31.4 Å². The summed E-state index contributed by atoms with van der Waals surface area (Å²) in [5.41, 5.74) is 4.65. The molecule has 2 aromatic carbocycles. The highest BCUT2D eigenvalue weighted by Crippen LogP contribution is 2.39. The molecule has 0 spiro atoms. The van der Waals surface area contributed by atoms with E-state index < -0.39 is 5.54 Å². The number of carbonyl (C=O) groups excluding carboxylic acids is 1. The average molecular weight is 493 g/mol. The third kappa shape index (κ3) is 8.87. The molecule has 0 aromatic heterocycles. The summed E-state index contributed by atoms with van der Waals surface area (Å²) in [6, 6.07) is 18.3. The van der Waals surface area contributed by atoms with Gasteiger partial charge in [-0.15, -0.1) is 0 Å². The molecule has 1 unspecified atom stereocenters. The average Bonchev–Trinajstić information content (AvgIpc) is 3.22. The van der Waals surface area contributed by atoms with Crippen molar-refractivity contribution in [2.45, 2.75) is 116 Å². The SMILES string of the molecule is CCCCCCCCCCCCCCCCOc1cccc(C2(C)CC(=O)NN2c2ccccc2)c1. The molecule has 3 rings (SSSR count). The minimum atomic E-state index is -0.452. The summed E-state index contributed by atoms with van der Waals surface area (Å²) in [4.78, 5) is 12.3. The van der Waals surface area contributed by atoms with Gasteiger partial charge >= 0.3 is 0 Å². The van der Waals surface area contributed by atoms with Gasteiger partial charge in [-0.25, -0.2) is 0 Å². The van der Waals surface area contributed by atoms with Crippen LogP contribution >= 0.6 is 0 Å². The molecule has 1 amide bonds. The first-order valence-electron chi connectivity index (χ1n) is 14.5. The van der Waals surface area contributed by atoms with Gasteiger partial charge < -0.3 is 4.74 Å². The zero-order chi connectivity index (χ0) is 25.5. The second-order valence-electron chi connectivity index (χ2n) is 10.6. The molecule has 0 saturated carbocycles. The molecule has 0 radical (unpaired) electrons. The van der Waals surface area contributed by atoms with Gasteiger partial charge in [0, 0.05) is 0 Å². The number of ether oxygens (including phenoxy) is 1. The normalized spacial score (nSPS) is 17.4. The fourth-order valence-corrected chi connectivity index (χ4v) is 5.24. The smallest absolute Gasteiger partial charge is 0.241 e. The molecule has 198 valence electrons. The number of rotatable bonds is 18. The molecular weight excluding hydrogens is 444 g/mol. The third-order valence-corrected chi connectivity index (χ3v) is 7.47. The van der Waals surface area contributed by atoms with E-state index in [0.29, 0.717) is 6.42 Å². The Morgan fingerprint density at radius 3 is 1.97 bits per heavy atom. The standard InChI is InChI=1S/C32H48N2O2/c1-3-4-5-6-7-8-9-10-11-12-13-14-15-19-25-36-30-24-20-21-28(26-30)32(2)27-31(35)33-34(32)29-22-17-16-18-23-29/h16-18,20-24,26H,3-15,19,25,27H2,1-2H3,(H,33,35). The topological polar surface area (TPSA) is 41.6 Å². The molecule has 4 nitrogen and oxygen atoms in total. The molecule has 4 heteroatoms. The van der Waals surface area contributed by atoms with Crippen LogP contribution in [0.25, 0.3) is 0 Å². The fourth-order valence-electron chi connectivity index (χ4n) is 5.24. The molecule has 1 heterocycles. The number of nitrogens with zero attached hydrogens (tertiary/aromatic N) is 1. The van der Waals surface area contributed by atoms with Crippen LogP contribution in [0, 0.1) is 0 Å². The van der Waals surface area contributed by atoms with Crippen molar-refractivity contribution in [3.05, 3.63) is 60.2 Å².